The number of rotatable bonds is 8. The number of phenolic OH excluding ortho intramolecular Hbond substituents is 2. The molecule has 0 spiro atoms. The number of fused-ring (bicyclic) bond motifs is 4. The number of ether oxygens (including phenoxy) is 2. The molecule has 328 valence electrons. The van der Waals surface area contributed by atoms with Gasteiger partial charge in [-0.1, -0.05) is 48.5 Å². The van der Waals surface area contributed by atoms with Gasteiger partial charge in [-0.3, -0.25) is 0 Å². The minimum Gasteiger partial charge on any atom is -0.507 e. The van der Waals surface area contributed by atoms with Crippen molar-refractivity contribution in [3.8, 4) is 67.5 Å². The molecule has 6 aromatic rings. The van der Waals surface area contributed by atoms with Crippen LogP contribution in [0.4, 0.5) is 0 Å². The second-order valence-electron chi connectivity index (χ2n) is 19.9. The summed E-state index contributed by atoms with van der Waals surface area (Å²) in [7, 11) is 0. The molecule has 0 heterocycles. The fraction of sp³-hybridized carbons (Fsp3) is 0.400. The maximum Gasteiger partial charge on any atom is 0.131 e. The van der Waals surface area contributed by atoms with Crippen LogP contribution in [-0.2, 0) is 51.4 Å². The van der Waals surface area contributed by atoms with E-state index in [0.29, 0.717) is 11.5 Å². The molecule has 5 aliphatic carbocycles. The predicted octanol–water partition coefficient (Wildman–Crippen LogP) is 14.7. The lowest BCUT2D eigenvalue weighted by atomic mass is 9.76. The zero-order chi connectivity index (χ0) is 43.3. The summed E-state index contributed by atoms with van der Waals surface area (Å²) in [5, 5.41) is 24.8. The van der Waals surface area contributed by atoms with E-state index >= 15 is 0 Å². The van der Waals surface area contributed by atoms with E-state index in [1.54, 1.807) is 0 Å². The summed E-state index contributed by atoms with van der Waals surface area (Å²) in [6.07, 6.45) is 22.2. The maximum absolute atomic E-state index is 12.4. The van der Waals surface area contributed by atoms with Gasteiger partial charge in [-0.15, -0.1) is 0 Å². The van der Waals surface area contributed by atoms with Crippen molar-refractivity contribution in [2.75, 3.05) is 0 Å². The van der Waals surface area contributed by atoms with Crippen LogP contribution < -0.4 is 9.47 Å². The lowest BCUT2D eigenvalue weighted by molar-refractivity contribution is 0.0686. The lowest BCUT2D eigenvalue weighted by Crippen LogP contribution is -2.32. The van der Waals surface area contributed by atoms with Gasteiger partial charge in [0.2, 0.25) is 0 Å². The molecule has 2 unspecified atom stereocenters. The molecule has 0 amide bonds. The third-order valence-electron chi connectivity index (χ3n) is 15.5. The zero-order valence-electron chi connectivity index (χ0n) is 38.1. The fourth-order valence-corrected chi connectivity index (χ4v) is 12.5. The van der Waals surface area contributed by atoms with E-state index in [4.69, 9.17) is 9.47 Å². The van der Waals surface area contributed by atoms with Crippen molar-refractivity contribution in [2.24, 2.45) is 0 Å². The van der Waals surface area contributed by atoms with Crippen molar-refractivity contribution in [3.05, 3.63) is 141 Å². The molecule has 5 aliphatic rings. The summed E-state index contributed by atoms with van der Waals surface area (Å²) in [5.41, 5.74) is 22.3. The largest absolute Gasteiger partial charge is 0.507 e. The summed E-state index contributed by atoms with van der Waals surface area (Å²) < 4.78 is 14.0. The number of phenols is 2. The highest BCUT2D eigenvalue weighted by atomic mass is 16.5. The van der Waals surface area contributed by atoms with E-state index in [1.807, 2.05) is 12.1 Å². The normalized spacial score (nSPS) is 19.2. The van der Waals surface area contributed by atoms with E-state index in [1.165, 1.54) is 107 Å². The summed E-state index contributed by atoms with van der Waals surface area (Å²) in [5.74, 6) is 2.34. The Hall–Kier alpha value is -5.48. The number of hydrogen-bond donors (Lipinski definition) is 2. The molecule has 2 atom stereocenters. The first-order valence-corrected chi connectivity index (χ1v) is 24.9. The minimum atomic E-state index is -0.0407. The Morgan fingerprint density at radius 1 is 0.391 bits per heavy atom. The summed E-state index contributed by atoms with van der Waals surface area (Å²) in [4.78, 5) is 0. The molecule has 0 radical (unpaired) electrons. The molecular weight excluding hydrogens is 785 g/mol. The summed E-state index contributed by atoms with van der Waals surface area (Å²) in [6.45, 7) is 4.33. The number of para-hydroxylation sites is 2. The monoisotopic (exact) mass is 848 g/mol. The number of aromatic hydroxyl groups is 2. The maximum atomic E-state index is 12.4. The third-order valence-corrected chi connectivity index (χ3v) is 15.5. The first-order valence-electron chi connectivity index (χ1n) is 24.9. The van der Waals surface area contributed by atoms with Gasteiger partial charge in [-0.2, -0.15) is 0 Å². The Bertz CT molecular complexity index is 2500. The van der Waals surface area contributed by atoms with E-state index in [-0.39, 0.29) is 12.2 Å². The highest BCUT2D eigenvalue weighted by Gasteiger charge is 2.31. The standard InChI is InChI=1S/C60H64O4/c1-37-30-51(59(61)53(32-37)57-45-22-7-3-16-39(45)34-40-17-4-8-23-46(40)57)49-26-11-13-28-55(49)63-43-20-15-21-44(36-43)64-56-29-14-12-27-50(56)52-31-38(2)33-54(60(52)62)58-47-24-9-5-18-41(47)35-42-19-6-10-25-48(42)58/h11-14,26-35,43-44,61-62H,3-10,15-25,36H2,1-2H3. The Balaban J connectivity index is 0.885. The van der Waals surface area contributed by atoms with Crippen LogP contribution in [0.3, 0.4) is 0 Å². The smallest absolute Gasteiger partial charge is 0.131 e. The SMILES string of the molecule is Cc1cc(-c2ccccc2OC2CCCC(Oc3ccccc3-c3cc(C)cc(-c4c5c(cc6c4CCCC6)CCCC5)c3O)C2)c(O)c(-c2c3c(cc4c2CCCC4)CCCC3)c1. The number of aryl methyl sites for hydroxylation is 6. The van der Waals surface area contributed by atoms with Crippen LogP contribution in [0.1, 0.15) is 133 Å². The number of hydrogen-bond acceptors (Lipinski definition) is 4. The topological polar surface area (TPSA) is 58.9 Å². The molecule has 0 aromatic heterocycles. The van der Waals surface area contributed by atoms with Crippen LogP contribution in [0.5, 0.6) is 23.0 Å². The lowest BCUT2D eigenvalue weighted by Gasteiger charge is -2.31. The second-order valence-corrected chi connectivity index (χ2v) is 19.9. The Morgan fingerprint density at radius 3 is 1.12 bits per heavy atom. The highest BCUT2D eigenvalue weighted by molar-refractivity contribution is 5.90. The predicted molar refractivity (Wildman–Crippen MR) is 261 cm³/mol. The van der Waals surface area contributed by atoms with E-state index in [0.717, 1.165) is 133 Å². The van der Waals surface area contributed by atoms with E-state index in [9.17, 15) is 10.2 Å². The molecule has 11 rings (SSSR count). The van der Waals surface area contributed by atoms with E-state index < -0.39 is 0 Å². The van der Waals surface area contributed by atoms with Gasteiger partial charge < -0.3 is 19.7 Å². The van der Waals surface area contributed by atoms with Crippen molar-refractivity contribution in [3.63, 3.8) is 0 Å². The minimum absolute atomic E-state index is 0.0407. The number of benzene rings is 6. The highest BCUT2D eigenvalue weighted by Crippen LogP contribution is 2.50. The van der Waals surface area contributed by atoms with Gasteiger partial charge in [-0.05, 0) is 239 Å². The first kappa shape index (κ1) is 41.2. The molecule has 0 aliphatic heterocycles. The second kappa shape index (κ2) is 17.5. The summed E-state index contributed by atoms with van der Waals surface area (Å²) >= 11 is 0. The summed E-state index contributed by atoms with van der Waals surface area (Å²) in [6, 6.07) is 30.3. The van der Waals surface area contributed by atoms with Crippen molar-refractivity contribution >= 4 is 0 Å². The average molecular weight is 849 g/mol. The molecule has 6 aromatic carbocycles. The fourth-order valence-electron chi connectivity index (χ4n) is 12.5. The molecule has 4 nitrogen and oxygen atoms in total. The quantitative estimate of drug-likeness (QED) is 0.160. The van der Waals surface area contributed by atoms with Gasteiger partial charge in [0.05, 0.1) is 0 Å². The molecule has 0 bridgehead atoms. The first-order chi connectivity index (χ1) is 31.4. The molecule has 0 saturated heterocycles. The van der Waals surface area contributed by atoms with Crippen molar-refractivity contribution < 1.29 is 19.7 Å². The Morgan fingerprint density at radius 2 is 0.734 bits per heavy atom. The molecule has 4 heteroatoms. The average Bonchev–Trinajstić information content (AvgIpc) is 3.32. The van der Waals surface area contributed by atoms with Crippen LogP contribution in [-0.4, -0.2) is 22.4 Å². The molecule has 64 heavy (non-hydrogen) atoms. The van der Waals surface area contributed by atoms with Gasteiger partial charge in [0.15, 0.2) is 0 Å². The van der Waals surface area contributed by atoms with Crippen LogP contribution >= 0.6 is 0 Å². The van der Waals surface area contributed by atoms with Gasteiger partial charge in [0, 0.05) is 39.8 Å². The van der Waals surface area contributed by atoms with Gasteiger partial charge in [-0.25, -0.2) is 0 Å². The van der Waals surface area contributed by atoms with Crippen molar-refractivity contribution in [1.82, 2.24) is 0 Å². The zero-order valence-corrected chi connectivity index (χ0v) is 38.1. The van der Waals surface area contributed by atoms with Crippen LogP contribution in [0.25, 0.3) is 44.5 Å². The van der Waals surface area contributed by atoms with Crippen molar-refractivity contribution in [2.45, 2.75) is 154 Å². The van der Waals surface area contributed by atoms with Crippen LogP contribution in [0.15, 0.2) is 84.9 Å². The van der Waals surface area contributed by atoms with Gasteiger partial charge >= 0.3 is 0 Å². The van der Waals surface area contributed by atoms with Crippen LogP contribution in [0, 0.1) is 13.8 Å². The molecule has 1 fully saturated rings. The molecule has 2 N–H and O–H groups in total. The van der Waals surface area contributed by atoms with Crippen molar-refractivity contribution in [1.29, 1.82) is 0 Å². The van der Waals surface area contributed by atoms with Gasteiger partial charge in [0.1, 0.15) is 35.2 Å². The van der Waals surface area contributed by atoms with Gasteiger partial charge in [0.25, 0.3) is 0 Å². The third kappa shape index (κ3) is 7.69. The molecular formula is C60H64O4. The molecule has 1 saturated carbocycles. The van der Waals surface area contributed by atoms with Crippen LogP contribution in [0.2, 0.25) is 0 Å². The Labute approximate surface area is 380 Å². The van der Waals surface area contributed by atoms with E-state index in [2.05, 4.69) is 86.6 Å². The Kier molecular flexibility index (Phi) is 11.3.